The first-order valence-corrected chi connectivity index (χ1v) is 8.05. The van der Waals surface area contributed by atoms with Gasteiger partial charge in [0, 0.05) is 22.0 Å². The monoisotopic (exact) mass is 315 g/mol. The number of ether oxygens (including phenoxy) is 1. The number of nitrogens with one attached hydrogen (secondary N) is 1. The van der Waals surface area contributed by atoms with Crippen LogP contribution in [0.15, 0.2) is 18.2 Å². The molecule has 0 aliphatic carbocycles. The van der Waals surface area contributed by atoms with E-state index in [-0.39, 0.29) is 18.2 Å². The van der Waals surface area contributed by atoms with Gasteiger partial charge in [-0.15, -0.1) is 0 Å². The van der Waals surface area contributed by atoms with Gasteiger partial charge in [-0.1, -0.05) is 43.1 Å². The van der Waals surface area contributed by atoms with Gasteiger partial charge in [0.05, 0.1) is 12.2 Å². The minimum absolute atomic E-state index is 0.194. The van der Waals surface area contributed by atoms with Crippen molar-refractivity contribution in [2.75, 3.05) is 6.54 Å². The highest BCUT2D eigenvalue weighted by Crippen LogP contribution is 2.42. The van der Waals surface area contributed by atoms with Crippen molar-refractivity contribution in [3.05, 3.63) is 33.8 Å². The van der Waals surface area contributed by atoms with Crippen LogP contribution in [0, 0.1) is 11.8 Å². The highest BCUT2D eigenvalue weighted by atomic mass is 35.5. The van der Waals surface area contributed by atoms with Crippen LogP contribution < -0.4 is 5.32 Å². The molecule has 1 aliphatic rings. The summed E-state index contributed by atoms with van der Waals surface area (Å²) in [6.07, 6.45) is 0.498. The largest absolute Gasteiger partial charge is 0.375 e. The third-order valence-electron chi connectivity index (χ3n) is 4.43. The molecule has 5 atom stereocenters. The lowest BCUT2D eigenvalue weighted by molar-refractivity contribution is 0.0476. The molecule has 2 rings (SSSR count). The summed E-state index contributed by atoms with van der Waals surface area (Å²) in [4.78, 5) is 0. The lowest BCUT2D eigenvalue weighted by Crippen LogP contribution is -2.35. The SMILES string of the molecule is CCNC(c1ccc(Cl)cc1Cl)C1C(C)OC(C)C1C. The van der Waals surface area contributed by atoms with Crippen molar-refractivity contribution in [1.82, 2.24) is 5.32 Å². The fourth-order valence-corrected chi connectivity index (χ4v) is 3.82. The second kappa shape index (κ2) is 6.65. The van der Waals surface area contributed by atoms with Crippen LogP contribution in [-0.2, 0) is 4.74 Å². The van der Waals surface area contributed by atoms with Crippen molar-refractivity contribution in [3.63, 3.8) is 0 Å². The quantitative estimate of drug-likeness (QED) is 0.869. The number of hydrogen-bond donors (Lipinski definition) is 1. The average molecular weight is 316 g/mol. The zero-order valence-electron chi connectivity index (χ0n) is 12.5. The topological polar surface area (TPSA) is 21.3 Å². The summed E-state index contributed by atoms with van der Waals surface area (Å²) in [5, 5.41) is 4.97. The molecule has 20 heavy (non-hydrogen) atoms. The van der Waals surface area contributed by atoms with Crippen molar-refractivity contribution in [2.45, 2.75) is 45.9 Å². The fraction of sp³-hybridized carbons (Fsp3) is 0.625. The number of rotatable bonds is 4. The molecule has 5 unspecified atom stereocenters. The molecule has 4 heteroatoms. The summed E-state index contributed by atoms with van der Waals surface area (Å²) in [5.74, 6) is 0.893. The van der Waals surface area contributed by atoms with E-state index >= 15 is 0 Å². The number of halogens is 2. The first kappa shape index (κ1) is 16.1. The van der Waals surface area contributed by atoms with Crippen LogP contribution in [-0.4, -0.2) is 18.8 Å². The van der Waals surface area contributed by atoms with Gasteiger partial charge in [0.25, 0.3) is 0 Å². The lowest BCUT2D eigenvalue weighted by Gasteiger charge is -2.30. The summed E-state index contributed by atoms with van der Waals surface area (Å²) < 4.78 is 5.99. The normalized spacial score (nSPS) is 31.5. The van der Waals surface area contributed by atoms with Crippen molar-refractivity contribution in [1.29, 1.82) is 0 Å². The third kappa shape index (κ3) is 3.14. The van der Waals surface area contributed by atoms with Gasteiger partial charge in [-0.3, -0.25) is 0 Å². The van der Waals surface area contributed by atoms with Crippen LogP contribution in [0.4, 0.5) is 0 Å². The van der Waals surface area contributed by atoms with E-state index in [2.05, 4.69) is 33.0 Å². The van der Waals surface area contributed by atoms with Crippen molar-refractivity contribution in [2.24, 2.45) is 11.8 Å². The van der Waals surface area contributed by atoms with Crippen LogP contribution in [0.1, 0.15) is 39.3 Å². The molecular formula is C16H23Cl2NO. The van der Waals surface area contributed by atoms with Crippen molar-refractivity contribution < 1.29 is 4.74 Å². The molecule has 0 bridgehead atoms. The van der Waals surface area contributed by atoms with Crippen LogP contribution in [0.5, 0.6) is 0 Å². The van der Waals surface area contributed by atoms with Crippen LogP contribution in [0.3, 0.4) is 0 Å². The summed E-state index contributed by atoms with van der Waals surface area (Å²) in [7, 11) is 0. The maximum absolute atomic E-state index is 6.40. The molecule has 0 aromatic heterocycles. The first-order valence-electron chi connectivity index (χ1n) is 7.29. The molecule has 1 aliphatic heterocycles. The highest BCUT2D eigenvalue weighted by molar-refractivity contribution is 6.35. The van der Waals surface area contributed by atoms with E-state index in [1.165, 1.54) is 0 Å². The van der Waals surface area contributed by atoms with E-state index in [0.717, 1.165) is 17.1 Å². The Hall–Kier alpha value is -0.280. The van der Waals surface area contributed by atoms with E-state index in [1.807, 2.05) is 18.2 Å². The molecule has 1 fully saturated rings. The Bertz CT molecular complexity index is 466. The average Bonchev–Trinajstić information content (AvgIpc) is 2.62. The zero-order valence-corrected chi connectivity index (χ0v) is 14.0. The Morgan fingerprint density at radius 2 is 1.90 bits per heavy atom. The van der Waals surface area contributed by atoms with E-state index in [0.29, 0.717) is 16.9 Å². The molecule has 0 spiro atoms. The van der Waals surface area contributed by atoms with Crippen LogP contribution in [0.25, 0.3) is 0 Å². The zero-order chi connectivity index (χ0) is 14.9. The van der Waals surface area contributed by atoms with E-state index < -0.39 is 0 Å². The molecule has 0 radical (unpaired) electrons. The minimum Gasteiger partial charge on any atom is -0.375 e. The molecular weight excluding hydrogens is 293 g/mol. The summed E-state index contributed by atoms with van der Waals surface area (Å²) in [6.45, 7) is 9.57. The first-order chi connectivity index (χ1) is 9.45. The molecule has 0 saturated carbocycles. The Kier molecular flexibility index (Phi) is 5.36. The maximum atomic E-state index is 6.40. The second-order valence-electron chi connectivity index (χ2n) is 5.68. The Morgan fingerprint density at radius 1 is 1.20 bits per heavy atom. The van der Waals surface area contributed by atoms with Gasteiger partial charge in [-0.05, 0) is 44.0 Å². The summed E-state index contributed by atoms with van der Waals surface area (Å²) in [5.41, 5.74) is 1.11. The highest BCUT2D eigenvalue weighted by Gasteiger charge is 2.42. The number of benzene rings is 1. The fourth-order valence-electron chi connectivity index (χ4n) is 3.30. The minimum atomic E-state index is 0.194. The van der Waals surface area contributed by atoms with Crippen LogP contribution in [0.2, 0.25) is 10.0 Å². The smallest absolute Gasteiger partial charge is 0.0600 e. The van der Waals surface area contributed by atoms with E-state index in [9.17, 15) is 0 Å². The van der Waals surface area contributed by atoms with Gasteiger partial charge in [-0.25, -0.2) is 0 Å². The van der Waals surface area contributed by atoms with Crippen LogP contribution >= 0.6 is 23.2 Å². The van der Waals surface area contributed by atoms with Gasteiger partial charge >= 0.3 is 0 Å². The Morgan fingerprint density at radius 3 is 2.40 bits per heavy atom. The molecule has 1 N–H and O–H groups in total. The molecule has 0 amide bonds. The predicted molar refractivity (Wildman–Crippen MR) is 85.5 cm³/mol. The summed E-state index contributed by atoms with van der Waals surface area (Å²) >= 11 is 12.4. The lowest BCUT2D eigenvalue weighted by atomic mass is 9.80. The molecule has 1 heterocycles. The summed E-state index contributed by atoms with van der Waals surface area (Å²) in [6, 6.07) is 5.94. The third-order valence-corrected chi connectivity index (χ3v) is 4.99. The molecule has 1 aromatic rings. The second-order valence-corrected chi connectivity index (χ2v) is 6.53. The molecule has 1 saturated heterocycles. The van der Waals surface area contributed by atoms with Gasteiger partial charge in [0.15, 0.2) is 0 Å². The van der Waals surface area contributed by atoms with Crippen molar-refractivity contribution in [3.8, 4) is 0 Å². The van der Waals surface area contributed by atoms with Gasteiger partial charge in [0.2, 0.25) is 0 Å². The predicted octanol–water partition coefficient (Wildman–Crippen LogP) is 4.70. The molecule has 112 valence electrons. The Labute approximate surface area is 131 Å². The van der Waals surface area contributed by atoms with Gasteiger partial charge in [0.1, 0.15) is 0 Å². The van der Waals surface area contributed by atoms with E-state index in [1.54, 1.807) is 0 Å². The van der Waals surface area contributed by atoms with Gasteiger partial charge < -0.3 is 10.1 Å². The van der Waals surface area contributed by atoms with E-state index in [4.69, 9.17) is 27.9 Å². The van der Waals surface area contributed by atoms with Crippen molar-refractivity contribution >= 4 is 23.2 Å². The standard InChI is InChI=1S/C16H23Cl2NO/c1-5-19-16(13-7-6-12(17)8-14(13)18)15-9(2)10(3)20-11(15)4/h6-11,15-16,19H,5H2,1-4H3. The molecule has 2 nitrogen and oxygen atoms in total. The van der Waals surface area contributed by atoms with Gasteiger partial charge in [-0.2, -0.15) is 0 Å². The maximum Gasteiger partial charge on any atom is 0.0600 e. The number of hydrogen-bond acceptors (Lipinski definition) is 2. The molecule has 1 aromatic carbocycles. The Balaban J connectivity index is 2.35.